The van der Waals surface area contributed by atoms with Crippen LogP contribution < -0.4 is 10.6 Å². The van der Waals surface area contributed by atoms with Crippen molar-refractivity contribution in [2.24, 2.45) is 0 Å². The lowest BCUT2D eigenvalue weighted by molar-refractivity contribution is -0.119. The van der Waals surface area contributed by atoms with E-state index in [1.165, 1.54) is 6.07 Å². The summed E-state index contributed by atoms with van der Waals surface area (Å²) in [5.41, 5.74) is 1.48. The number of para-hydroxylation sites is 1. The van der Waals surface area contributed by atoms with Crippen LogP contribution in [0.1, 0.15) is 42.6 Å². The van der Waals surface area contributed by atoms with Crippen LogP contribution in [0.2, 0.25) is 0 Å². The fourth-order valence-corrected chi connectivity index (χ4v) is 4.13. The molecule has 7 heteroatoms. The molecule has 0 heterocycles. The number of sulfone groups is 1. The van der Waals surface area contributed by atoms with Crippen LogP contribution in [0, 0.1) is 0 Å². The molecule has 0 radical (unpaired) electrons. The van der Waals surface area contributed by atoms with Crippen molar-refractivity contribution in [2.75, 3.05) is 11.1 Å². The van der Waals surface area contributed by atoms with Crippen LogP contribution in [0.3, 0.4) is 0 Å². The number of benzene rings is 2. The summed E-state index contributed by atoms with van der Waals surface area (Å²) < 4.78 is 24.7. The van der Waals surface area contributed by atoms with Gasteiger partial charge in [0.25, 0.3) is 5.91 Å². The second-order valence-electron chi connectivity index (χ2n) is 6.81. The molecule has 0 saturated heterocycles. The van der Waals surface area contributed by atoms with Gasteiger partial charge < -0.3 is 10.6 Å². The van der Waals surface area contributed by atoms with Gasteiger partial charge in [-0.05, 0) is 43.2 Å². The normalized spacial score (nSPS) is 12.2. The predicted molar refractivity (Wildman–Crippen MR) is 111 cm³/mol. The maximum Gasteiger partial charge on any atom is 0.255 e. The van der Waals surface area contributed by atoms with Crippen LogP contribution in [-0.4, -0.2) is 32.0 Å². The third kappa shape index (κ3) is 7.15. The van der Waals surface area contributed by atoms with Crippen molar-refractivity contribution >= 4 is 27.3 Å². The molecule has 6 nitrogen and oxygen atoms in total. The molecule has 150 valence electrons. The molecule has 0 fully saturated rings. The van der Waals surface area contributed by atoms with Gasteiger partial charge in [-0.1, -0.05) is 43.7 Å². The fourth-order valence-electron chi connectivity index (χ4n) is 2.85. The molecule has 2 rings (SSSR count). The van der Waals surface area contributed by atoms with E-state index >= 15 is 0 Å². The van der Waals surface area contributed by atoms with Crippen molar-refractivity contribution in [1.29, 1.82) is 0 Å². The van der Waals surface area contributed by atoms with Gasteiger partial charge in [0.15, 0.2) is 9.84 Å². The molecule has 0 bridgehead atoms. The van der Waals surface area contributed by atoms with E-state index in [2.05, 4.69) is 10.6 Å². The Balaban J connectivity index is 2.01. The minimum absolute atomic E-state index is 0.0577. The highest BCUT2D eigenvalue weighted by Gasteiger charge is 2.19. The van der Waals surface area contributed by atoms with Crippen LogP contribution in [0.15, 0.2) is 54.6 Å². The third-order valence-corrected chi connectivity index (χ3v) is 5.56. The van der Waals surface area contributed by atoms with Crippen molar-refractivity contribution in [2.45, 2.75) is 38.5 Å². The van der Waals surface area contributed by atoms with Gasteiger partial charge in [-0.2, -0.15) is 0 Å². The van der Waals surface area contributed by atoms with Crippen LogP contribution in [0.4, 0.5) is 5.69 Å². The standard InChI is InChI=1S/C21H26N2O4S/c1-3-8-16(2)22-20(24)15-28(26,27)14-17-9-7-10-18(13-17)21(25)23-19-11-5-4-6-12-19/h4-7,9-13,16H,3,8,14-15H2,1-2H3,(H,22,24)(H,23,25). The van der Waals surface area contributed by atoms with E-state index in [9.17, 15) is 18.0 Å². The maximum atomic E-state index is 12.4. The van der Waals surface area contributed by atoms with Crippen molar-refractivity contribution < 1.29 is 18.0 Å². The molecule has 2 N–H and O–H groups in total. The van der Waals surface area contributed by atoms with Gasteiger partial charge in [0.05, 0.1) is 5.75 Å². The lowest BCUT2D eigenvalue weighted by atomic mass is 10.1. The van der Waals surface area contributed by atoms with Gasteiger partial charge in [0, 0.05) is 17.3 Å². The number of anilines is 1. The van der Waals surface area contributed by atoms with Gasteiger partial charge in [0.2, 0.25) is 5.91 Å². The lowest BCUT2D eigenvalue weighted by Crippen LogP contribution is -2.37. The molecule has 2 aromatic carbocycles. The molecular formula is C21H26N2O4S. The highest BCUT2D eigenvalue weighted by Crippen LogP contribution is 2.13. The minimum Gasteiger partial charge on any atom is -0.353 e. The zero-order valence-electron chi connectivity index (χ0n) is 16.1. The SMILES string of the molecule is CCCC(C)NC(=O)CS(=O)(=O)Cc1cccc(C(=O)Nc2ccccc2)c1. The minimum atomic E-state index is -3.64. The van der Waals surface area contributed by atoms with E-state index in [1.54, 1.807) is 30.3 Å². The number of hydrogen-bond acceptors (Lipinski definition) is 4. The molecule has 0 saturated carbocycles. The van der Waals surface area contributed by atoms with Crippen molar-refractivity contribution in [3.05, 3.63) is 65.7 Å². The summed E-state index contributed by atoms with van der Waals surface area (Å²) in [7, 11) is -3.64. The maximum absolute atomic E-state index is 12.4. The summed E-state index contributed by atoms with van der Waals surface area (Å²) in [6, 6.07) is 15.4. The van der Waals surface area contributed by atoms with E-state index < -0.39 is 21.5 Å². The topological polar surface area (TPSA) is 92.3 Å². The first-order valence-corrected chi connectivity index (χ1v) is 11.1. The quantitative estimate of drug-likeness (QED) is 0.674. The summed E-state index contributed by atoms with van der Waals surface area (Å²) >= 11 is 0. The smallest absolute Gasteiger partial charge is 0.255 e. The summed E-state index contributed by atoms with van der Waals surface area (Å²) in [6.07, 6.45) is 1.70. The molecule has 0 spiro atoms. The number of amides is 2. The Kier molecular flexibility index (Phi) is 7.75. The van der Waals surface area contributed by atoms with E-state index in [4.69, 9.17) is 0 Å². The summed E-state index contributed by atoms with van der Waals surface area (Å²) in [4.78, 5) is 24.3. The number of hydrogen-bond donors (Lipinski definition) is 2. The van der Waals surface area contributed by atoms with E-state index in [-0.39, 0.29) is 17.7 Å². The number of nitrogens with one attached hydrogen (secondary N) is 2. The summed E-state index contributed by atoms with van der Waals surface area (Å²) in [5.74, 6) is -1.69. The Labute approximate surface area is 166 Å². The first-order valence-electron chi connectivity index (χ1n) is 9.24. The van der Waals surface area contributed by atoms with E-state index in [0.29, 0.717) is 16.8 Å². The van der Waals surface area contributed by atoms with Crippen LogP contribution in [0.25, 0.3) is 0 Å². The fraction of sp³-hybridized carbons (Fsp3) is 0.333. The van der Waals surface area contributed by atoms with Gasteiger partial charge >= 0.3 is 0 Å². The Bertz CT molecular complexity index is 911. The zero-order chi connectivity index (χ0) is 20.6. The Morgan fingerprint density at radius 2 is 1.75 bits per heavy atom. The Hall–Kier alpha value is -2.67. The summed E-state index contributed by atoms with van der Waals surface area (Å²) in [6.45, 7) is 3.85. The molecule has 1 atom stereocenters. The molecule has 0 aromatic heterocycles. The molecule has 2 aromatic rings. The van der Waals surface area contributed by atoms with Crippen LogP contribution in [0.5, 0.6) is 0 Å². The molecular weight excluding hydrogens is 376 g/mol. The molecule has 28 heavy (non-hydrogen) atoms. The monoisotopic (exact) mass is 402 g/mol. The summed E-state index contributed by atoms with van der Waals surface area (Å²) in [5, 5.41) is 5.46. The van der Waals surface area contributed by atoms with Crippen molar-refractivity contribution in [3.63, 3.8) is 0 Å². The van der Waals surface area contributed by atoms with Gasteiger partial charge in [-0.3, -0.25) is 9.59 Å². The van der Waals surface area contributed by atoms with Crippen LogP contribution >= 0.6 is 0 Å². The second kappa shape index (κ2) is 10.0. The zero-order valence-corrected chi connectivity index (χ0v) is 17.0. The largest absolute Gasteiger partial charge is 0.353 e. The van der Waals surface area contributed by atoms with Gasteiger partial charge in [-0.15, -0.1) is 0 Å². The average molecular weight is 403 g/mol. The predicted octanol–water partition coefficient (Wildman–Crippen LogP) is 3.16. The molecule has 0 aliphatic rings. The molecule has 0 aliphatic heterocycles. The first kappa shape index (κ1) is 21.6. The van der Waals surface area contributed by atoms with E-state index in [1.807, 2.05) is 32.0 Å². The Morgan fingerprint density at radius 3 is 2.43 bits per heavy atom. The highest BCUT2D eigenvalue weighted by atomic mass is 32.2. The Morgan fingerprint density at radius 1 is 1.04 bits per heavy atom. The highest BCUT2D eigenvalue weighted by molar-refractivity contribution is 7.91. The molecule has 2 amide bonds. The lowest BCUT2D eigenvalue weighted by Gasteiger charge is -2.13. The van der Waals surface area contributed by atoms with Crippen LogP contribution in [-0.2, 0) is 20.4 Å². The van der Waals surface area contributed by atoms with Gasteiger partial charge in [-0.25, -0.2) is 8.42 Å². The second-order valence-corrected chi connectivity index (χ2v) is 8.87. The molecule has 1 unspecified atom stereocenters. The number of carbonyl (C=O) groups is 2. The van der Waals surface area contributed by atoms with Crippen molar-refractivity contribution in [1.82, 2.24) is 5.32 Å². The molecule has 0 aliphatic carbocycles. The number of carbonyl (C=O) groups excluding carboxylic acids is 2. The first-order chi connectivity index (χ1) is 13.3. The average Bonchev–Trinajstić information content (AvgIpc) is 2.61. The third-order valence-electron chi connectivity index (χ3n) is 4.09. The van der Waals surface area contributed by atoms with Gasteiger partial charge in [0.1, 0.15) is 5.75 Å². The van der Waals surface area contributed by atoms with Crippen molar-refractivity contribution in [3.8, 4) is 0 Å². The van der Waals surface area contributed by atoms with E-state index in [0.717, 1.165) is 12.8 Å². The number of rotatable bonds is 9.